The first-order valence-corrected chi connectivity index (χ1v) is 8.21. The Balaban J connectivity index is 2.05. The summed E-state index contributed by atoms with van der Waals surface area (Å²) in [7, 11) is 1.97. The molecule has 134 valence electrons. The number of hydrogen-bond donors (Lipinski definition) is 1. The first-order chi connectivity index (χ1) is 11.8. The van der Waals surface area contributed by atoms with Gasteiger partial charge >= 0.3 is 0 Å². The summed E-state index contributed by atoms with van der Waals surface area (Å²) in [6.07, 6.45) is 1.42. The van der Waals surface area contributed by atoms with Crippen LogP contribution in [-0.4, -0.2) is 35.4 Å². The largest absolute Gasteiger partial charge is 0.310 e. The second kappa shape index (κ2) is 8.16. The van der Waals surface area contributed by atoms with E-state index in [1.165, 1.54) is 18.3 Å². The molecule has 0 aliphatic heterocycles. The lowest BCUT2D eigenvalue weighted by Crippen LogP contribution is -2.35. The molecule has 0 saturated carbocycles. The smallest absolute Gasteiger partial charge is 0.229 e. The number of halogens is 2. The molecule has 0 spiro atoms. The molecule has 4 nitrogen and oxygen atoms in total. The van der Waals surface area contributed by atoms with Gasteiger partial charge in [0.05, 0.1) is 0 Å². The summed E-state index contributed by atoms with van der Waals surface area (Å²) in [6.45, 7) is 6.62. The predicted octanol–water partition coefficient (Wildman–Crippen LogP) is 3.94. The van der Waals surface area contributed by atoms with Crippen molar-refractivity contribution in [2.24, 2.45) is 5.92 Å². The van der Waals surface area contributed by atoms with Crippen molar-refractivity contribution in [3.63, 3.8) is 0 Å². The number of carbonyl (C=O) groups excluding carboxylic acids is 1. The average Bonchev–Trinajstić information content (AvgIpc) is 2.58. The van der Waals surface area contributed by atoms with E-state index in [1.807, 2.05) is 14.0 Å². The van der Waals surface area contributed by atoms with Crippen molar-refractivity contribution < 1.29 is 13.6 Å². The minimum absolute atomic E-state index is 0.135. The zero-order valence-electron chi connectivity index (χ0n) is 14.9. The first kappa shape index (κ1) is 19.0. The topological polar surface area (TPSA) is 45.2 Å². The van der Waals surface area contributed by atoms with Gasteiger partial charge in [0.15, 0.2) is 11.6 Å². The fourth-order valence-electron chi connectivity index (χ4n) is 2.33. The van der Waals surface area contributed by atoms with Crippen molar-refractivity contribution >= 4 is 11.7 Å². The molecular formula is C19H23F2N3O. The van der Waals surface area contributed by atoms with Crippen LogP contribution >= 0.6 is 0 Å². The van der Waals surface area contributed by atoms with E-state index < -0.39 is 11.6 Å². The molecule has 0 aliphatic carbocycles. The van der Waals surface area contributed by atoms with Crippen LogP contribution < -0.4 is 5.32 Å². The quantitative estimate of drug-likeness (QED) is 0.861. The Bertz CT molecular complexity index is 732. The van der Waals surface area contributed by atoms with E-state index in [0.717, 1.165) is 6.07 Å². The van der Waals surface area contributed by atoms with Crippen LogP contribution in [0.15, 0.2) is 36.5 Å². The van der Waals surface area contributed by atoms with E-state index >= 15 is 0 Å². The highest BCUT2D eigenvalue weighted by atomic mass is 19.2. The molecule has 25 heavy (non-hydrogen) atoms. The third-order valence-corrected chi connectivity index (χ3v) is 4.17. The van der Waals surface area contributed by atoms with Crippen LogP contribution in [0.1, 0.15) is 20.8 Å². The molecule has 1 unspecified atom stereocenters. The van der Waals surface area contributed by atoms with Crippen molar-refractivity contribution in [2.75, 3.05) is 18.9 Å². The van der Waals surface area contributed by atoms with Gasteiger partial charge in [-0.3, -0.25) is 4.79 Å². The van der Waals surface area contributed by atoms with Gasteiger partial charge in [0.2, 0.25) is 5.91 Å². The molecule has 1 aromatic heterocycles. The Morgan fingerprint density at radius 3 is 2.52 bits per heavy atom. The lowest BCUT2D eigenvalue weighted by molar-refractivity contribution is -0.120. The van der Waals surface area contributed by atoms with Crippen molar-refractivity contribution in [1.82, 2.24) is 9.88 Å². The molecule has 0 saturated heterocycles. The summed E-state index contributed by atoms with van der Waals surface area (Å²) >= 11 is 0. The van der Waals surface area contributed by atoms with Gasteiger partial charge in [0, 0.05) is 35.8 Å². The summed E-state index contributed by atoms with van der Waals surface area (Å²) < 4.78 is 27.1. The molecule has 1 amide bonds. The van der Waals surface area contributed by atoms with Crippen LogP contribution in [0.3, 0.4) is 0 Å². The van der Waals surface area contributed by atoms with Crippen molar-refractivity contribution in [2.45, 2.75) is 26.8 Å². The van der Waals surface area contributed by atoms with E-state index in [4.69, 9.17) is 0 Å². The Morgan fingerprint density at radius 2 is 1.92 bits per heavy atom. The summed E-state index contributed by atoms with van der Waals surface area (Å²) in [6, 6.07) is 7.53. The van der Waals surface area contributed by atoms with Crippen LogP contribution in [0.4, 0.5) is 14.6 Å². The SMILES string of the molecule is CC(CN(C)C(C)C)C(=O)Nc1ccc(-c2cccc(F)c2F)cn1. The standard InChI is InChI=1S/C19H23F2N3O/c1-12(2)24(4)11-13(3)19(25)23-17-9-8-14(10-22-17)15-6-5-7-16(20)18(15)21/h5-10,12-13H,11H2,1-4H3,(H,22,23,25). The van der Waals surface area contributed by atoms with Gasteiger partial charge in [-0.25, -0.2) is 13.8 Å². The summed E-state index contributed by atoms with van der Waals surface area (Å²) in [5.41, 5.74) is 0.583. The van der Waals surface area contributed by atoms with Gasteiger partial charge in [-0.2, -0.15) is 0 Å². The lowest BCUT2D eigenvalue weighted by Gasteiger charge is -2.24. The molecule has 1 atom stereocenters. The molecular weight excluding hydrogens is 324 g/mol. The lowest BCUT2D eigenvalue weighted by atomic mass is 10.1. The van der Waals surface area contributed by atoms with Gasteiger partial charge in [-0.15, -0.1) is 0 Å². The van der Waals surface area contributed by atoms with Crippen LogP contribution in [0, 0.1) is 17.6 Å². The van der Waals surface area contributed by atoms with Crippen LogP contribution in [-0.2, 0) is 4.79 Å². The van der Waals surface area contributed by atoms with Crippen LogP contribution in [0.2, 0.25) is 0 Å². The molecule has 0 aliphatic rings. The van der Waals surface area contributed by atoms with Gasteiger partial charge in [-0.05, 0) is 39.1 Å². The fourth-order valence-corrected chi connectivity index (χ4v) is 2.33. The van der Waals surface area contributed by atoms with E-state index in [9.17, 15) is 13.6 Å². The number of nitrogens with zero attached hydrogens (tertiary/aromatic N) is 2. The highest BCUT2D eigenvalue weighted by molar-refractivity contribution is 5.91. The highest BCUT2D eigenvalue weighted by Gasteiger charge is 2.17. The summed E-state index contributed by atoms with van der Waals surface area (Å²) in [4.78, 5) is 18.5. The Hall–Kier alpha value is -2.34. The van der Waals surface area contributed by atoms with Gasteiger partial charge in [0.25, 0.3) is 0 Å². The first-order valence-electron chi connectivity index (χ1n) is 8.21. The molecule has 0 bridgehead atoms. The van der Waals surface area contributed by atoms with Gasteiger partial charge < -0.3 is 10.2 Å². The third-order valence-electron chi connectivity index (χ3n) is 4.17. The molecule has 2 rings (SSSR count). The molecule has 1 N–H and O–H groups in total. The van der Waals surface area contributed by atoms with E-state index in [1.54, 1.807) is 12.1 Å². The van der Waals surface area contributed by atoms with E-state index in [2.05, 4.69) is 29.0 Å². The molecule has 1 heterocycles. The number of rotatable bonds is 6. The number of hydrogen-bond acceptors (Lipinski definition) is 3. The monoisotopic (exact) mass is 347 g/mol. The summed E-state index contributed by atoms with van der Waals surface area (Å²) in [5, 5.41) is 2.75. The Kier molecular flexibility index (Phi) is 6.20. The Morgan fingerprint density at radius 1 is 1.20 bits per heavy atom. The molecule has 2 aromatic rings. The zero-order chi connectivity index (χ0) is 18.6. The summed E-state index contributed by atoms with van der Waals surface area (Å²) in [5.74, 6) is -1.77. The molecule has 1 aromatic carbocycles. The number of amides is 1. The normalized spacial score (nSPS) is 12.5. The number of aromatic nitrogens is 1. The maximum atomic E-state index is 13.8. The third kappa shape index (κ3) is 4.82. The molecule has 0 fully saturated rings. The molecule has 6 heteroatoms. The van der Waals surface area contributed by atoms with Crippen molar-refractivity contribution in [3.05, 3.63) is 48.2 Å². The molecule has 0 radical (unpaired) electrons. The second-order valence-corrected chi connectivity index (χ2v) is 6.46. The maximum Gasteiger partial charge on any atom is 0.229 e. The number of anilines is 1. The number of carbonyl (C=O) groups is 1. The average molecular weight is 347 g/mol. The highest BCUT2D eigenvalue weighted by Crippen LogP contribution is 2.24. The van der Waals surface area contributed by atoms with E-state index in [0.29, 0.717) is 24.0 Å². The van der Waals surface area contributed by atoms with Gasteiger partial charge in [-0.1, -0.05) is 19.1 Å². The fraction of sp³-hybridized carbons (Fsp3) is 0.368. The minimum atomic E-state index is -0.911. The maximum absolute atomic E-state index is 13.8. The van der Waals surface area contributed by atoms with Crippen LogP contribution in [0.5, 0.6) is 0 Å². The zero-order valence-corrected chi connectivity index (χ0v) is 14.9. The number of benzene rings is 1. The second-order valence-electron chi connectivity index (χ2n) is 6.46. The minimum Gasteiger partial charge on any atom is -0.310 e. The van der Waals surface area contributed by atoms with Crippen molar-refractivity contribution in [3.8, 4) is 11.1 Å². The van der Waals surface area contributed by atoms with E-state index in [-0.39, 0.29) is 17.4 Å². The van der Waals surface area contributed by atoms with Gasteiger partial charge in [0.1, 0.15) is 5.82 Å². The Labute approximate surface area is 146 Å². The number of pyridine rings is 1. The van der Waals surface area contributed by atoms with Crippen LogP contribution in [0.25, 0.3) is 11.1 Å². The van der Waals surface area contributed by atoms with Crippen molar-refractivity contribution in [1.29, 1.82) is 0 Å². The predicted molar refractivity (Wildman–Crippen MR) is 95.1 cm³/mol. The number of nitrogens with one attached hydrogen (secondary N) is 1.